The number of aryl methyl sites for hydroxylation is 1. The van der Waals surface area contributed by atoms with Crippen LogP contribution in [0.5, 0.6) is 11.5 Å². The number of halogens is 1. The SMILES string of the molecule is CCc1cc(NC(=O)Nc2ccc(Oc3ccnc(NC)c3)cc2F)n(-c2ccc3ncccc3c2)n1. The van der Waals surface area contributed by atoms with E-state index in [9.17, 15) is 9.18 Å². The van der Waals surface area contributed by atoms with E-state index in [0.29, 0.717) is 23.8 Å². The van der Waals surface area contributed by atoms with Crippen LogP contribution in [0.2, 0.25) is 0 Å². The van der Waals surface area contributed by atoms with Gasteiger partial charge in [-0.25, -0.2) is 18.9 Å². The highest BCUT2D eigenvalue weighted by Gasteiger charge is 2.15. The minimum atomic E-state index is -0.639. The first-order chi connectivity index (χ1) is 18.0. The molecule has 3 aromatic heterocycles. The first-order valence-corrected chi connectivity index (χ1v) is 11.7. The predicted molar refractivity (Wildman–Crippen MR) is 141 cm³/mol. The zero-order valence-electron chi connectivity index (χ0n) is 20.2. The van der Waals surface area contributed by atoms with E-state index >= 15 is 0 Å². The third-order valence-corrected chi connectivity index (χ3v) is 5.61. The van der Waals surface area contributed by atoms with Gasteiger partial charge in [0.2, 0.25) is 0 Å². The van der Waals surface area contributed by atoms with Crippen molar-refractivity contribution in [2.75, 3.05) is 23.0 Å². The Labute approximate surface area is 212 Å². The Hall–Kier alpha value is -4.99. The van der Waals surface area contributed by atoms with Crippen LogP contribution < -0.4 is 20.7 Å². The number of ether oxygens (including phenoxy) is 1. The van der Waals surface area contributed by atoms with Crippen LogP contribution in [-0.2, 0) is 6.42 Å². The number of carbonyl (C=O) groups excluding carboxylic acids is 1. The highest BCUT2D eigenvalue weighted by molar-refractivity contribution is 5.99. The van der Waals surface area contributed by atoms with Gasteiger partial charge >= 0.3 is 6.03 Å². The van der Waals surface area contributed by atoms with Crippen molar-refractivity contribution in [3.63, 3.8) is 0 Å². The average molecular weight is 498 g/mol. The minimum Gasteiger partial charge on any atom is -0.457 e. The number of nitrogens with zero attached hydrogens (tertiary/aromatic N) is 4. The van der Waals surface area contributed by atoms with E-state index in [0.717, 1.165) is 22.3 Å². The monoisotopic (exact) mass is 497 g/mol. The Balaban J connectivity index is 1.32. The molecule has 0 fully saturated rings. The maximum Gasteiger partial charge on any atom is 0.324 e. The maximum absolute atomic E-state index is 14.8. The number of pyridine rings is 2. The van der Waals surface area contributed by atoms with Crippen molar-refractivity contribution in [3.8, 4) is 17.2 Å². The number of aromatic nitrogens is 4. The number of hydrogen-bond donors (Lipinski definition) is 3. The van der Waals surface area contributed by atoms with Crippen molar-refractivity contribution in [2.24, 2.45) is 0 Å². The minimum absolute atomic E-state index is 0.00838. The van der Waals surface area contributed by atoms with Crippen molar-refractivity contribution >= 4 is 34.3 Å². The fourth-order valence-electron chi connectivity index (χ4n) is 3.76. The van der Waals surface area contributed by atoms with E-state index in [1.54, 1.807) is 48.4 Å². The van der Waals surface area contributed by atoms with Crippen molar-refractivity contribution in [2.45, 2.75) is 13.3 Å². The number of carbonyl (C=O) groups is 1. The summed E-state index contributed by atoms with van der Waals surface area (Å²) in [4.78, 5) is 21.2. The molecule has 0 spiro atoms. The molecule has 0 aliphatic rings. The molecule has 3 heterocycles. The number of fused-ring (bicyclic) bond motifs is 1. The summed E-state index contributed by atoms with van der Waals surface area (Å²) in [6.07, 6.45) is 4.00. The van der Waals surface area contributed by atoms with E-state index in [2.05, 4.69) is 31.0 Å². The van der Waals surface area contributed by atoms with Gasteiger partial charge in [-0.1, -0.05) is 13.0 Å². The van der Waals surface area contributed by atoms with E-state index in [1.807, 2.05) is 37.3 Å². The summed E-state index contributed by atoms with van der Waals surface area (Å²) in [6, 6.07) is 18.3. The van der Waals surface area contributed by atoms with Crippen LogP contribution in [0.1, 0.15) is 12.6 Å². The fourth-order valence-corrected chi connectivity index (χ4v) is 3.76. The quantitative estimate of drug-likeness (QED) is 0.255. The average Bonchev–Trinajstić information content (AvgIpc) is 3.32. The van der Waals surface area contributed by atoms with Crippen LogP contribution in [0.4, 0.5) is 26.5 Å². The molecule has 0 bridgehead atoms. The Kier molecular flexibility index (Phi) is 6.62. The van der Waals surface area contributed by atoms with Gasteiger partial charge in [0, 0.05) is 43.0 Å². The first kappa shape index (κ1) is 23.7. The fraction of sp³-hybridized carbons (Fsp3) is 0.111. The second-order valence-electron chi connectivity index (χ2n) is 8.12. The first-order valence-electron chi connectivity index (χ1n) is 11.7. The second-order valence-corrected chi connectivity index (χ2v) is 8.12. The van der Waals surface area contributed by atoms with E-state index in [4.69, 9.17) is 4.74 Å². The summed E-state index contributed by atoms with van der Waals surface area (Å²) < 4.78 is 22.1. The number of urea groups is 1. The molecule has 10 heteroatoms. The van der Waals surface area contributed by atoms with Crippen LogP contribution in [0.15, 0.2) is 79.1 Å². The van der Waals surface area contributed by atoms with Gasteiger partial charge in [0.05, 0.1) is 22.6 Å². The summed E-state index contributed by atoms with van der Waals surface area (Å²) in [6.45, 7) is 1.98. The van der Waals surface area contributed by atoms with Gasteiger partial charge in [0.15, 0.2) is 0 Å². The maximum atomic E-state index is 14.8. The lowest BCUT2D eigenvalue weighted by molar-refractivity contribution is 0.262. The zero-order valence-corrected chi connectivity index (χ0v) is 20.2. The van der Waals surface area contributed by atoms with Crippen LogP contribution >= 0.6 is 0 Å². The topological polar surface area (TPSA) is 106 Å². The zero-order chi connectivity index (χ0) is 25.8. The summed E-state index contributed by atoms with van der Waals surface area (Å²) in [5, 5.41) is 13.8. The molecule has 0 unspecified atom stereocenters. The number of benzene rings is 2. The molecule has 0 saturated carbocycles. The smallest absolute Gasteiger partial charge is 0.324 e. The van der Waals surface area contributed by atoms with Gasteiger partial charge < -0.3 is 15.4 Å². The number of nitrogens with one attached hydrogen (secondary N) is 3. The van der Waals surface area contributed by atoms with Gasteiger partial charge in [-0.15, -0.1) is 0 Å². The van der Waals surface area contributed by atoms with Crippen LogP contribution in [0.25, 0.3) is 16.6 Å². The number of amides is 2. The normalized spacial score (nSPS) is 10.8. The molecule has 0 atom stereocenters. The van der Waals surface area contributed by atoms with Gasteiger partial charge in [-0.3, -0.25) is 10.3 Å². The molecule has 3 N–H and O–H groups in total. The molecule has 0 aliphatic carbocycles. The Morgan fingerprint density at radius 3 is 2.65 bits per heavy atom. The molecule has 0 aliphatic heterocycles. The lowest BCUT2D eigenvalue weighted by atomic mass is 10.2. The van der Waals surface area contributed by atoms with Crippen molar-refractivity contribution in [1.82, 2.24) is 19.7 Å². The van der Waals surface area contributed by atoms with Gasteiger partial charge in [-0.05, 0) is 48.9 Å². The second kappa shape index (κ2) is 10.3. The van der Waals surface area contributed by atoms with Crippen LogP contribution in [-0.4, -0.2) is 32.8 Å². The largest absolute Gasteiger partial charge is 0.457 e. The highest BCUT2D eigenvalue weighted by atomic mass is 19.1. The van der Waals surface area contributed by atoms with Crippen molar-refractivity contribution in [3.05, 3.63) is 90.6 Å². The lowest BCUT2D eigenvalue weighted by Crippen LogP contribution is -2.22. The lowest BCUT2D eigenvalue weighted by Gasteiger charge is -2.12. The van der Waals surface area contributed by atoms with E-state index < -0.39 is 11.8 Å². The molecule has 0 saturated heterocycles. The highest BCUT2D eigenvalue weighted by Crippen LogP contribution is 2.27. The van der Waals surface area contributed by atoms with E-state index in [-0.39, 0.29) is 11.4 Å². The van der Waals surface area contributed by atoms with Crippen molar-refractivity contribution < 1.29 is 13.9 Å². The summed E-state index contributed by atoms with van der Waals surface area (Å²) in [5.41, 5.74) is 2.43. The molecule has 5 rings (SSSR count). The third-order valence-electron chi connectivity index (χ3n) is 5.61. The molecule has 5 aromatic rings. The Bertz CT molecular complexity index is 1580. The van der Waals surface area contributed by atoms with Gasteiger partial charge in [-0.2, -0.15) is 5.10 Å². The molecule has 0 radical (unpaired) electrons. The molecule has 186 valence electrons. The van der Waals surface area contributed by atoms with Crippen LogP contribution in [0, 0.1) is 5.82 Å². The Morgan fingerprint density at radius 1 is 0.973 bits per heavy atom. The Morgan fingerprint density at radius 2 is 1.84 bits per heavy atom. The predicted octanol–water partition coefficient (Wildman–Crippen LogP) is 6.00. The molecule has 37 heavy (non-hydrogen) atoms. The summed E-state index contributed by atoms with van der Waals surface area (Å²) in [5.74, 6) is 1.23. The van der Waals surface area contributed by atoms with Gasteiger partial charge in [0.25, 0.3) is 0 Å². The molecule has 9 nitrogen and oxygen atoms in total. The summed E-state index contributed by atoms with van der Waals surface area (Å²) in [7, 11) is 1.74. The molecular weight excluding hydrogens is 473 g/mol. The molecule has 2 amide bonds. The van der Waals surface area contributed by atoms with E-state index in [1.165, 1.54) is 12.1 Å². The third kappa shape index (κ3) is 5.32. The molecule has 2 aromatic carbocycles. The van der Waals surface area contributed by atoms with Crippen molar-refractivity contribution in [1.29, 1.82) is 0 Å². The van der Waals surface area contributed by atoms with Crippen LogP contribution in [0.3, 0.4) is 0 Å². The number of hydrogen-bond acceptors (Lipinski definition) is 6. The standard InChI is InChI=1S/C27H24FN7O2/c1-3-18-14-26(35(34-18)19-6-8-23-17(13-19)5-4-11-30-23)33-27(36)32-24-9-7-20(15-22(24)28)37-21-10-12-31-25(16-21)29-2/h4-16H,3H2,1-2H3,(H,29,31)(H2,32,33,36). The number of rotatable bonds is 7. The van der Waals surface area contributed by atoms with Gasteiger partial charge in [0.1, 0.15) is 29.0 Å². The number of anilines is 3. The molecular formula is C27H24FN7O2. The summed E-state index contributed by atoms with van der Waals surface area (Å²) >= 11 is 0.